The molecule has 8 nitrogen and oxygen atoms in total. The Labute approximate surface area is 178 Å². The molecule has 2 aromatic carbocycles. The molecule has 4 aromatic rings. The summed E-state index contributed by atoms with van der Waals surface area (Å²) in [5.41, 5.74) is 2.42. The van der Waals surface area contributed by atoms with E-state index in [1.165, 1.54) is 4.57 Å². The Hall–Kier alpha value is -3.65. The molecule has 158 valence electrons. The zero-order valence-electron chi connectivity index (χ0n) is 17.2. The number of carbonyl (C=O) groups excluding carboxylic acids is 1. The number of anilines is 2. The Balaban J connectivity index is 1.48. The van der Waals surface area contributed by atoms with Crippen LogP contribution >= 0.6 is 0 Å². The number of aryl methyl sites for hydroxylation is 1. The summed E-state index contributed by atoms with van der Waals surface area (Å²) in [6, 6.07) is 13.5. The van der Waals surface area contributed by atoms with Gasteiger partial charge in [0.05, 0.1) is 36.0 Å². The number of pyridine rings is 1. The first kappa shape index (κ1) is 19.3. The minimum atomic E-state index is -0.190. The van der Waals surface area contributed by atoms with Crippen LogP contribution in [0.15, 0.2) is 59.7 Å². The molecule has 0 unspecified atom stereocenters. The van der Waals surface area contributed by atoms with Gasteiger partial charge in [0.25, 0.3) is 5.56 Å². The number of ether oxygens (including phenoxy) is 1. The van der Waals surface area contributed by atoms with Gasteiger partial charge >= 0.3 is 0 Å². The molecule has 3 heterocycles. The zero-order valence-corrected chi connectivity index (χ0v) is 17.2. The minimum absolute atomic E-state index is 0.0186. The molecule has 0 aliphatic carbocycles. The second-order valence-corrected chi connectivity index (χ2v) is 7.68. The Bertz CT molecular complexity index is 1330. The van der Waals surface area contributed by atoms with Gasteiger partial charge < -0.3 is 19.5 Å². The van der Waals surface area contributed by atoms with Crippen LogP contribution in [0.4, 0.5) is 11.4 Å². The first-order chi connectivity index (χ1) is 15.1. The fraction of sp³-hybridized carbons (Fsp3) is 0.261. The lowest BCUT2D eigenvalue weighted by Gasteiger charge is -2.27. The second-order valence-electron chi connectivity index (χ2n) is 7.68. The van der Waals surface area contributed by atoms with Gasteiger partial charge in [-0.1, -0.05) is 12.1 Å². The van der Waals surface area contributed by atoms with E-state index in [9.17, 15) is 9.59 Å². The number of benzene rings is 2. The first-order valence-corrected chi connectivity index (χ1v) is 10.3. The number of hydrogen-bond acceptors (Lipinski definition) is 5. The third-order valence-corrected chi connectivity index (χ3v) is 5.70. The van der Waals surface area contributed by atoms with E-state index in [1.807, 2.05) is 60.4 Å². The van der Waals surface area contributed by atoms with Gasteiger partial charge in [0.2, 0.25) is 5.91 Å². The van der Waals surface area contributed by atoms with Crippen molar-refractivity contribution in [1.82, 2.24) is 19.2 Å². The first-order valence-electron chi connectivity index (χ1n) is 10.3. The van der Waals surface area contributed by atoms with E-state index in [-0.39, 0.29) is 18.0 Å². The molecule has 0 spiro atoms. The Morgan fingerprint density at radius 3 is 2.81 bits per heavy atom. The fourth-order valence-corrected chi connectivity index (χ4v) is 4.01. The largest absolute Gasteiger partial charge is 0.378 e. The third kappa shape index (κ3) is 3.66. The Morgan fingerprint density at radius 1 is 1.13 bits per heavy atom. The van der Waals surface area contributed by atoms with Gasteiger partial charge in [-0.3, -0.25) is 14.3 Å². The molecule has 0 radical (unpaired) electrons. The van der Waals surface area contributed by atoms with E-state index >= 15 is 0 Å². The zero-order chi connectivity index (χ0) is 21.4. The summed E-state index contributed by atoms with van der Waals surface area (Å²) in [6.07, 6.45) is 3.50. The average Bonchev–Trinajstić information content (AvgIpc) is 3.16. The van der Waals surface area contributed by atoms with Crippen LogP contribution in [-0.4, -0.2) is 51.5 Å². The lowest BCUT2D eigenvalue weighted by Crippen LogP contribution is -2.43. The summed E-state index contributed by atoms with van der Waals surface area (Å²) in [5.74, 6) is -0.0720. The van der Waals surface area contributed by atoms with Crippen LogP contribution in [0.5, 0.6) is 0 Å². The molecule has 1 aliphatic heterocycles. The van der Waals surface area contributed by atoms with Crippen molar-refractivity contribution in [3.8, 4) is 0 Å². The van der Waals surface area contributed by atoms with Crippen LogP contribution in [0.25, 0.3) is 21.7 Å². The van der Waals surface area contributed by atoms with Gasteiger partial charge in [-0.15, -0.1) is 0 Å². The van der Waals surface area contributed by atoms with E-state index in [0.29, 0.717) is 37.4 Å². The van der Waals surface area contributed by atoms with Crippen molar-refractivity contribution in [2.45, 2.75) is 6.54 Å². The van der Waals surface area contributed by atoms with Gasteiger partial charge in [0, 0.05) is 37.4 Å². The van der Waals surface area contributed by atoms with Crippen LogP contribution in [0.2, 0.25) is 0 Å². The summed E-state index contributed by atoms with van der Waals surface area (Å²) in [5, 5.41) is 10.1. The molecule has 1 fully saturated rings. The molecule has 1 saturated heterocycles. The molecule has 1 aliphatic rings. The molecule has 1 amide bonds. The van der Waals surface area contributed by atoms with E-state index in [2.05, 4.69) is 10.4 Å². The van der Waals surface area contributed by atoms with Crippen LogP contribution in [0.3, 0.4) is 0 Å². The number of nitrogens with one attached hydrogen (secondary N) is 1. The maximum atomic E-state index is 13.3. The van der Waals surface area contributed by atoms with Crippen LogP contribution < -0.4 is 10.9 Å². The maximum Gasteiger partial charge on any atom is 0.261 e. The number of carbonyl (C=O) groups is 1. The quantitative estimate of drug-likeness (QED) is 0.552. The van der Waals surface area contributed by atoms with Gasteiger partial charge in [-0.05, 0) is 35.7 Å². The van der Waals surface area contributed by atoms with Gasteiger partial charge in [-0.2, -0.15) is 5.10 Å². The number of hydrogen-bond donors (Lipinski definition) is 1. The molecule has 0 bridgehead atoms. The van der Waals surface area contributed by atoms with E-state index in [0.717, 1.165) is 22.0 Å². The summed E-state index contributed by atoms with van der Waals surface area (Å²) in [7, 11) is 1.90. The molecule has 2 aromatic heterocycles. The van der Waals surface area contributed by atoms with Crippen molar-refractivity contribution in [1.29, 1.82) is 0 Å². The van der Waals surface area contributed by atoms with Gasteiger partial charge in [0.15, 0.2) is 0 Å². The number of aromatic nitrogens is 3. The number of nitrogens with zero attached hydrogens (tertiary/aromatic N) is 4. The normalized spacial score (nSPS) is 14.3. The summed E-state index contributed by atoms with van der Waals surface area (Å²) < 4.78 is 8.61. The summed E-state index contributed by atoms with van der Waals surface area (Å²) in [6.45, 7) is 2.21. The highest BCUT2D eigenvalue weighted by molar-refractivity contribution is 5.95. The van der Waals surface area contributed by atoms with Crippen molar-refractivity contribution in [2.75, 3.05) is 31.6 Å². The molecule has 5 rings (SSSR count). The molecular formula is C23H23N5O3. The van der Waals surface area contributed by atoms with Crippen molar-refractivity contribution >= 4 is 39.0 Å². The van der Waals surface area contributed by atoms with Crippen LogP contribution in [0.1, 0.15) is 0 Å². The monoisotopic (exact) mass is 417 g/mol. The number of amides is 1. The SMILES string of the molecule is Cn1ncc2cc(Nc3cccc4ccn(CC(=O)N5CCOCC5)c(=O)c34)ccc21. The van der Waals surface area contributed by atoms with E-state index < -0.39 is 0 Å². The molecular weight excluding hydrogens is 394 g/mol. The fourth-order valence-electron chi connectivity index (χ4n) is 4.01. The van der Waals surface area contributed by atoms with Crippen molar-refractivity contribution in [3.05, 3.63) is 65.2 Å². The van der Waals surface area contributed by atoms with Gasteiger partial charge in [-0.25, -0.2) is 0 Å². The van der Waals surface area contributed by atoms with E-state index in [4.69, 9.17) is 4.74 Å². The van der Waals surface area contributed by atoms with Crippen molar-refractivity contribution in [3.63, 3.8) is 0 Å². The smallest absolute Gasteiger partial charge is 0.261 e. The molecule has 31 heavy (non-hydrogen) atoms. The molecule has 0 saturated carbocycles. The van der Waals surface area contributed by atoms with Crippen molar-refractivity contribution < 1.29 is 9.53 Å². The van der Waals surface area contributed by atoms with Crippen LogP contribution in [0, 0.1) is 0 Å². The highest BCUT2D eigenvalue weighted by atomic mass is 16.5. The third-order valence-electron chi connectivity index (χ3n) is 5.70. The average molecular weight is 417 g/mol. The predicted molar refractivity (Wildman–Crippen MR) is 120 cm³/mol. The molecule has 8 heteroatoms. The van der Waals surface area contributed by atoms with Gasteiger partial charge in [0.1, 0.15) is 6.54 Å². The lowest BCUT2D eigenvalue weighted by molar-refractivity contribution is -0.135. The molecule has 1 N–H and O–H groups in total. The number of morpholine rings is 1. The Morgan fingerprint density at radius 2 is 1.97 bits per heavy atom. The number of rotatable bonds is 4. The number of fused-ring (bicyclic) bond motifs is 2. The van der Waals surface area contributed by atoms with E-state index in [1.54, 1.807) is 11.1 Å². The highest BCUT2D eigenvalue weighted by Gasteiger charge is 2.18. The van der Waals surface area contributed by atoms with Crippen LogP contribution in [-0.2, 0) is 23.1 Å². The lowest BCUT2D eigenvalue weighted by atomic mass is 10.1. The minimum Gasteiger partial charge on any atom is -0.378 e. The molecule has 0 atom stereocenters. The second kappa shape index (κ2) is 7.88. The Kier molecular flexibility index (Phi) is 4.91. The summed E-state index contributed by atoms with van der Waals surface area (Å²) >= 11 is 0. The topological polar surface area (TPSA) is 81.4 Å². The summed E-state index contributed by atoms with van der Waals surface area (Å²) in [4.78, 5) is 27.7. The van der Waals surface area contributed by atoms with Crippen molar-refractivity contribution in [2.24, 2.45) is 7.05 Å². The highest BCUT2D eigenvalue weighted by Crippen LogP contribution is 2.26. The standard InChI is InChI=1S/C23H23N5O3/c1-26-20-6-5-18(13-17(20)14-24-26)25-19-4-2-3-16-7-8-28(23(30)22(16)19)15-21(29)27-9-11-31-12-10-27/h2-8,13-14,25H,9-12,15H2,1H3. The maximum absolute atomic E-state index is 13.3. The predicted octanol–water partition coefficient (Wildman–Crippen LogP) is 2.49.